The number of piperazine rings is 1. The number of ether oxygens (including phenoxy) is 1. The molecule has 0 saturated carbocycles. The van der Waals surface area contributed by atoms with Crippen molar-refractivity contribution < 1.29 is 9.53 Å². The van der Waals surface area contributed by atoms with Gasteiger partial charge in [-0.05, 0) is 67.1 Å². The van der Waals surface area contributed by atoms with Crippen molar-refractivity contribution in [2.75, 3.05) is 32.7 Å². The Bertz CT molecular complexity index is 1230. The standard InChI is InChI=1S/C26H27N5O2/c1-19(32)17-30-12-14-31(15-13-30)18-22-5-2-21-16-24(8-9-25(21)28-22)33-23-6-3-20(4-7-23)26-10-11-27-29-26/h2-11,16H,12-15,17-18H2,1H3,(H,27,29). The number of aromatic nitrogens is 3. The molecule has 2 aromatic carbocycles. The molecule has 7 heteroatoms. The van der Waals surface area contributed by atoms with Gasteiger partial charge in [-0.25, -0.2) is 0 Å². The lowest BCUT2D eigenvalue weighted by Gasteiger charge is -2.33. The largest absolute Gasteiger partial charge is 0.457 e. The smallest absolute Gasteiger partial charge is 0.143 e. The van der Waals surface area contributed by atoms with Gasteiger partial charge in [0.25, 0.3) is 0 Å². The zero-order chi connectivity index (χ0) is 22.6. The normalized spacial score (nSPS) is 15.1. The second kappa shape index (κ2) is 9.52. The van der Waals surface area contributed by atoms with E-state index in [9.17, 15) is 4.79 Å². The minimum atomic E-state index is 0.231. The van der Waals surface area contributed by atoms with Crippen LogP contribution in [0, 0.1) is 0 Å². The number of pyridine rings is 1. The van der Waals surface area contributed by atoms with E-state index in [0.717, 1.165) is 72.1 Å². The van der Waals surface area contributed by atoms with Crippen LogP contribution < -0.4 is 4.74 Å². The van der Waals surface area contributed by atoms with E-state index in [0.29, 0.717) is 6.54 Å². The molecule has 1 aliphatic rings. The van der Waals surface area contributed by atoms with Crippen LogP contribution in [0.25, 0.3) is 22.2 Å². The van der Waals surface area contributed by atoms with E-state index in [-0.39, 0.29) is 5.78 Å². The maximum absolute atomic E-state index is 11.3. The lowest BCUT2D eigenvalue weighted by Crippen LogP contribution is -2.47. The summed E-state index contributed by atoms with van der Waals surface area (Å²) in [6.45, 7) is 6.80. The Labute approximate surface area is 193 Å². The summed E-state index contributed by atoms with van der Waals surface area (Å²) in [5.74, 6) is 1.80. The fourth-order valence-electron chi connectivity index (χ4n) is 4.20. The second-order valence-corrected chi connectivity index (χ2v) is 8.51. The van der Waals surface area contributed by atoms with E-state index in [4.69, 9.17) is 9.72 Å². The average Bonchev–Trinajstić information content (AvgIpc) is 3.36. The molecule has 2 aromatic heterocycles. The maximum atomic E-state index is 11.3. The third-order valence-electron chi connectivity index (χ3n) is 5.92. The van der Waals surface area contributed by atoms with Crippen LogP contribution in [-0.4, -0.2) is 63.5 Å². The molecule has 0 spiro atoms. The highest BCUT2D eigenvalue weighted by atomic mass is 16.5. The number of fused-ring (bicyclic) bond motifs is 1. The van der Waals surface area contributed by atoms with Crippen LogP contribution in [0.1, 0.15) is 12.6 Å². The Kier molecular flexibility index (Phi) is 6.15. The van der Waals surface area contributed by atoms with Crippen molar-refractivity contribution in [3.8, 4) is 22.8 Å². The maximum Gasteiger partial charge on any atom is 0.143 e. The molecule has 3 heterocycles. The number of hydrogen-bond acceptors (Lipinski definition) is 6. The number of H-pyrrole nitrogens is 1. The molecule has 0 atom stereocenters. The first-order chi connectivity index (χ1) is 16.1. The molecule has 1 saturated heterocycles. The first-order valence-corrected chi connectivity index (χ1v) is 11.2. The molecule has 5 rings (SSSR count). The number of nitrogens with one attached hydrogen (secondary N) is 1. The second-order valence-electron chi connectivity index (χ2n) is 8.51. The van der Waals surface area contributed by atoms with Crippen molar-refractivity contribution in [2.45, 2.75) is 13.5 Å². The highest BCUT2D eigenvalue weighted by Crippen LogP contribution is 2.27. The molecular weight excluding hydrogens is 414 g/mol. The van der Waals surface area contributed by atoms with Crippen molar-refractivity contribution in [1.82, 2.24) is 25.0 Å². The Morgan fingerprint density at radius 2 is 1.70 bits per heavy atom. The van der Waals surface area contributed by atoms with Gasteiger partial charge in [-0.15, -0.1) is 0 Å². The molecule has 1 N–H and O–H groups in total. The lowest BCUT2D eigenvalue weighted by atomic mass is 10.1. The molecular formula is C26H27N5O2. The van der Waals surface area contributed by atoms with E-state index in [1.54, 1.807) is 13.1 Å². The molecule has 33 heavy (non-hydrogen) atoms. The third-order valence-corrected chi connectivity index (χ3v) is 5.92. The van der Waals surface area contributed by atoms with Crippen molar-refractivity contribution in [3.63, 3.8) is 0 Å². The summed E-state index contributed by atoms with van der Waals surface area (Å²) < 4.78 is 6.06. The molecule has 168 valence electrons. The summed E-state index contributed by atoms with van der Waals surface area (Å²) in [5.41, 5.74) is 4.07. The summed E-state index contributed by atoms with van der Waals surface area (Å²) in [7, 11) is 0. The number of Topliss-reactive ketones (excluding diaryl/α,β-unsaturated/α-hetero) is 1. The minimum absolute atomic E-state index is 0.231. The summed E-state index contributed by atoms with van der Waals surface area (Å²) in [4.78, 5) is 20.8. The minimum Gasteiger partial charge on any atom is -0.457 e. The van der Waals surface area contributed by atoms with Gasteiger partial charge in [0.1, 0.15) is 17.3 Å². The number of benzene rings is 2. The number of aromatic amines is 1. The fourth-order valence-corrected chi connectivity index (χ4v) is 4.20. The van der Waals surface area contributed by atoms with Crippen LogP contribution in [0.5, 0.6) is 11.5 Å². The van der Waals surface area contributed by atoms with Gasteiger partial charge in [0.2, 0.25) is 0 Å². The van der Waals surface area contributed by atoms with Crippen molar-refractivity contribution in [2.24, 2.45) is 0 Å². The zero-order valence-corrected chi connectivity index (χ0v) is 18.7. The molecule has 0 bridgehead atoms. The van der Waals surface area contributed by atoms with Crippen LogP contribution in [-0.2, 0) is 11.3 Å². The number of hydrogen-bond donors (Lipinski definition) is 1. The summed E-state index contributed by atoms with van der Waals surface area (Å²) in [6.07, 6.45) is 1.74. The average molecular weight is 442 g/mol. The Morgan fingerprint density at radius 1 is 0.939 bits per heavy atom. The summed E-state index contributed by atoms with van der Waals surface area (Å²) in [6, 6.07) is 20.1. The highest BCUT2D eigenvalue weighted by molar-refractivity contribution is 5.80. The Morgan fingerprint density at radius 3 is 2.42 bits per heavy atom. The van der Waals surface area contributed by atoms with Gasteiger partial charge < -0.3 is 4.74 Å². The molecule has 0 aliphatic carbocycles. The molecule has 4 aromatic rings. The Balaban J connectivity index is 1.22. The van der Waals surface area contributed by atoms with Crippen LogP contribution >= 0.6 is 0 Å². The van der Waals surface area contributed by atoms with Gasteiger partial charge in [0.15, 0.2) is 0 Å². The number of carbonyl (C=O) groups is 1. The molecule has 7 nitrogen and oxygen atoms in total. The monoisotopic (exact) mass is 441 g/mol. The van der Waals surface area contributed by atoms with Crippen LogP contribution in [0.2, 0.25) is 0 Å². The van der Waals surface area contributed by atoms with Gasteiger partial charge >= 0.3 is 0 Å². The van der Waals surface area contributed by atoms with Crippen molar-refractivity contribution in [1.29, 1.82) is 0 Å². The number of rotatable bonds is 7. The predicted molar refractivity (Wildman–Crippen MR) is 128 cm³/mol. The van der Waals surface area contributed by atoms with Gasteiger partial charge in [0, 0.05) is 44.3 Å². The first kappa shape index (κ1) is 21.3. The first-order valence-electron chi connectivity index (χ1n) is 11.2. The van der Waals surface area contributed by atoms with Crippen LogP contribution in [0.3, 0.4) is 0 Å². The van der Waals surface area contributed by atoms with E-state index >= 15 is 0 Å². The number of carbonyl (C=O) groups excluding carboxylic acids is 1. The van der Waals surface area contributed by atoms with E-state index in [1.807, 2.05) is 48.5 Å². The Hall–Kier alpha value is -3.55. The SMILES string of the molecule is CC(=O)CN1CCN(Cc2ccc3cc(Oc4ccc(-c5ccn[nH]5)cc4)ccc3n2)CC1. The predicted octanol–water partition coefficient (Wildman–Crippen LogP) is 4.12. The number of ketones is 1. The quantitative estimate of drug-likeness (QED) is 0.465. The van der Waals surface area contributed by atoms with Crippen LogP contribution in [0.15, 0.2) is 66.9 Å². The van der Waals surface area contributed by atoms with Crippen molar-refractivity contribution in [3.05, 3.63) is 72.6 Å². The fraction of sp³-hybridized carbons (Fsp3) is 0.269. The zero-order valence-electron chi connectivity index (χ0n) is 18.7. The number of nitrogens with zero attached hydrogens (tertiary/aromatic N) is 4. The lowest BCUT2D eigenvalue weighted by molar-refractivity contribution is -0.118. The molecule has 0 radical (unpaired) electrons. The van der Waals surface area contributed by atoms with Gasteiger partial charge in [0.05, 0.1) is 23.4 Å². The van der Waals surface area contributed by atoms with Crippen molar-refractivity contribution >= 4 is 16.7 Å². The van der Waals surface area contributed by atoms with Crippen LogP contribution in [0.4, 0.5) is 0 Å². The van der Waals surface area contributed by atoms with Gasteiger partial charge in [-0.3, -0.25) is 24.7 Å². The highest BCUT2D eigenvalue weighted by Gasteiger charge is 2.18. The topological polar surface area (TPSA) is 74.3 Å². The molecule has 0 unspecified atom stereocenters. The van der Waals surface area contributed by atoms with E-state index < -0.39 is 0 Å². The molecule has 1 aliphatic heterocycles. The summed E-state index contributed by atoms with van der Waals surface area (Å²) >= 11 is 0. The summed E-state index contributed by atoms with van der Waals surface area (Å²) in [5, 5.41) is 8.01. The van der Waals surface area contributed by atoms with E-state index in [2.05, 4.69) is 32.1 Å². The molecule has 1 fully saturated rings. The van der Waals surface area contributed by atoms with E-state index in [1.165, 1.54) is 0 Å². The van der Waals surface area contributed by atoms with Gasteiger partial charge in [-0.1, -0.05) is 6.07 Å². The third kappa shape index (κ3) is 5.27. The van der Waals surface area contributed by atoms with Gasteiger partial charge in [-0.2, -0.15) is 5.10 Å². The molecule has 0 amide bonds.